The molecule has 0 saturated heterocycles. The van der Waals surface area contributed by atoms with Gasteiger partial charge in [-0.1, -0.05) is 18.2 Å². The Bertz CT molecular complexity index is 730. The lowest BCUT2D eigenvalue weighted by Gasteiger charge is -2.31. The molecular formula is C19H21NO4. The molecule has 0 unspecified atom stereocenters. The number of fused-ring (bicyclic) bond motifs is 1. The van der Waals surface area contributed by atoms with Crippen molar-refractivity contribution in [3.63, 3.8) is 0 Å². The lowest BCUT2D eigenvalue weighted by molar-refractivity contribution is 0.0814. The summed E-state index contributed by atoms with van der Waals surface area (Å²) in [6, 6.07) is 12.5. The Hall–Kier alpha value is -2.53. The number of amides is 1. The van der Waals surface area contributed by atoms with Gasteiger partial charge in [0.25, 0.3) is 5.91 Å². The summed E-state index contributed by atoms with van der Waals surface area (Å²) in [5, 5.41) is 13.3. The molecule has 1 aliphatic carbocycles. The molecule has 0 spiro atoms. The molecule has 1 amide bonds. The maximum Gasteiger partial charge on any atom is 0.251 e. The van der Waals surface area contributed by atoms with Gasteiger partial charge in [-0.2, -0.15) is 0 Å². The van der Waals surface area contributed by atoms with Gasteiger partial charge in [-0.05, 0) is 41.8 Å². The molecule has 0 heterocycles. The first kappa shape index (κ1) is 16.3. The third kappa shape index (κ3) is 3.21. The summed E-state index contributed by atoms with van der Waals surface area (Å²) in [4.78, 5) is 12.3. The summed E-state index contributed by atoms with van der Waals surface area (Å²) in [5.41, 5.74) is 2.66. The van der Waals surface area contributed by atoms with E-state index in [1.807, 2.05) is 30.3 Å². The van der Waals surface area contributed by atoms with Crippen LogP contribution in [0.1, 0.15) is 21.5 Å². The predicted molar refractivity (Wildman–Crippen MR) is 90.7 cm³/mol. The quantitative estimate of drug-likeness (QED) is 0.901. The second kappa shape index (κ2) is 6.93. The molecule has 2 N–H and O–H groups in total. The first-order valence-corrected chi connectivity index (χ1v) is 7.90. The van der Waals surface area contributed by atoms with E-state index in [4.69, 9.17) is 9.47 Å². The van der Waals surface area contributed by atoms with Crippen LogP contribution in [0, 0.1) is 0 Å². The maximum absolute atomic E-state index is 12.3. The zero-order valence-corrected chi connectivity index (χ0v) is 13.8. The first-order valence-electron chi connectivity index (χ1n) is 7.90. The summed E-state index contributed by atoms with van der Waals surface area (Å²) in [5.74, 6) is 1.12. The number of rotatable bonds is 4. The Labute approximate surface area is 141 Å². The average molecular weight is 327 g/mol. The van der Waals surface area contributed by atoms with Gasteiger partial charge >= 0.3 is 0 Å². The molecule has 5 heteroatoms. The molecule has 1 aliphatic rings. The van der Waals surface area contributed by atoms with Crippen LogP contribution in [0.25, 0.3) is 0 Å². The number of aliphatic hydroxyl groups excluding tert-OH is 1. The van der Waals surface area contributed by atoms with Crippen molar-refractivity contribution < 1.29 is 19.4 Å². The van der Waals surface area contributed by atoms with Crippen molar-refractivity contribution in [1.82, 2.24) is 5.32 Å². The largest absolute Gasteiger partial charge is 0.493 e. The fraction of sp³-hybridized carbons (Fsp3) is 0.316. The van der Waals surface area contributed by atoms with Crippen LogP contribution in [0.5, 0.6) is 11.5 Å². The molecule has 2 aromatic carbocycles. The van der Waals surface area contributed by atoms with Crippen LogP contribution in [0.3, 0.4) is 0 Å². The molecule has 5 nitrogen and oxygen atoms in total. The number of benzene rings is 2. The highest BCUT2D eigenvalue weighted by molar-refractivity contribution is 5.94. The van der Waals surface area contributed by atoms with Crippen molar-refractivity contribution in [2.24, 2.45) is 0 Å². The van der Waals surface area contributed by atoms with Gasteiger partial charge in [0.05, 0.1) is 26.4 Å². The van der Waals surface area contributed by atoms with Gasteiger partial charge in [-0.15, -0.1) is 0 Å². The Morgan fingerprint density at radius 3 is 2.21 bits per heavy atom. The highest BCUT2D eigenvalue weighted by atomic mass is 16.5. The molecule has 2 aromatic rings. The molecule has 0 bridgehead atoms. The van der Waals surface area contributed by atoms with Crippen LogP contribution in [0.4, 0.5) is 0 Å². The Morgan fingerprint density at radius 2 is 1.62 bits per heavy atom. The van der Waals surface area contributed by atoms with Crippen LogP contribution in [-0.4, -0.2) is 37.4 Å². The van der Waals surface area contributed by atoms with E-state index >= 15 is 0 Å². The Kier molecular flexibility index (Phi) is 4.71. The van der Waals surface area contributed by atoms with E-state index in [0.29, 0.717) is 29.9 Å². The molecule has 0 fully saturated rings. The van der Waals surface area contributed by atoms with E-state index in [1.165, 1.54) is 0 Å². The molecule has 3 rings (SSSR count). The molecule has 0 radical (unpaired) electrons. The molecule has 0 saturated carbocycles. The highest BCUT2D eigenvalue weighted by Crippen LogP contribution is 2.34. The van der Waals surface area contributed by atoms with E-state index in [9.17, 15) is 9.90 Å². The maximum atomic E-state index is 12.3. The van der Waals surface area contributed by atoms with E-state index in [0.717, 1.165) is 11.1 Å². The fourth-order valence-corrected chi connectivity index (χ4v) is 3.07. The van der Waals surface area contributed by atoms with Gasteiger partial charge in [0.1, 0.15) is 0 Å². The zero-order valence-electron chi connectivity index (χ0n) is 13.8. The van der Waals surface area contributed by atoms with Crippen molar-refractivity contribution in [2.45, 2.75) is 25.0 Å². The summed E-state index contributed by atoms with van der Waals surface area (Å²) in [6.07, 6.45) is 0.383. The number of carbonyl (C=O) groups is 1. The van der Waals surface area contributed by atoms with Crippen molar-refractivity contribution in [2.75, 3.05) is 14.2 Å². The lowest BCUT2D eigenvalue weighted by Crippen LogP contribution is -2.48. The summed E-state index contributed by atoms with van der Waals surface area (Å²) in [6.45, 7) is 0. The van der Waals surface area contributed by atoms with Crippen molar-refractivity contribution in [3.8, 4) is 11.5 Å². The standard InChI is InChI=1S/C19H21NO4/c1-23-17-10-13-8-15(16(21)9-14(13)11-18(17)24-2)20-19(22)12-6-4-3-5-7-12/h3-7,10-11,15-16,21H,8-9H2,1-2H3,(H,20,22)/t15-,16-/m1/s1. The van der Waals surface area contributed by atoms with Crippen LogP contribution in [0.2, 0.25) is 0 Å². The van der Waals surface area contributed by atoms with Crippen LogP contribution < -0.4 is 14.8 Å². The van der Waals surface area contributed by atoms with Crippen molar-refractivity contribution >= 4 is 5.91 Å². The van der Waals surface area contributed by atoms with E-state index < -0.39 is 6.10 Å². The monoisotopic (exact) mass is 327 g/mol. The van der Waals surface area contributed by atoms with E-state index in [-0.39, 0.29) is 11.9 Å². The van der Waals surface area contributed by atoms with E-state index in [2.05, 4.69) is 5.32 Å². The molecular weight excluding hydrogens is 306 g/mol. The lowest BCUT2D eigenvalue weighted by atomic mass is 9.85. The number of methoxy groups -OCH3 is 2. The number of hydrogen-bond acceptors (Lipinski definition) is 4. The summed E-state index contributed by atoms with van der Waals surface area (Å²) >= 11 is 0. The first-order chi connectivity index (χ1) is 11.6. The normalized spacial score (nSPS) is 19.3. The minimum atomic E-state index is -0.636. The van der Waals surface area contributed by atoms with Crippen LogP contribution in [0.15, 0.2) is 42.5 Å². The Balaban J connectivity index is 1.80. The van der Waals surface area contributed by atoms with E-state index in [1.54, 1.807) is 26.4 Å². The second-order valence-corrected chi connectivity index (χ2v) is 5.90. The molecule has 0 aliphatic heterocycles. The van der Waals surface area contributed by atoms with Gasteiger partial charge in [0.15, 0.2) is 11.5 Å². The highest BCUT2D eigenvalue weighted by Gasteiger charge is 2.29. The third-order valence-electron chi connectivity index (χ3n) is 4.39. The van der Waals surface area contributed by atoms with Crippen LogP contribution >= 0.6 is 0 Å². The summed E-state index contributed by atoms with van der Waals surface area (Å²) < 4.78 is 10.7. The minimum absolute atomic E-state index is 0.177. The molecule has 2 atom stereocenters. The Morgan fingerprint density at radius 1 is 1.04 bits per heavy atom. The predicted octanol–water partition coefficient (Wildman–Crippen LogP) is 1.96. The van der Waals surface area contributed by atoms with Crippen molar-refractivity contribution in [3.05, 3.63) is 59.2 Å². The number of hydrogen-bond donors (Lipinski definition) is 2. The zero-order chi connectivity index (χ0) is 17.1. The van der Waals surface area contributed by atoms with Gasteiger partial charge in [-0.25, -0.2) is 0 Å². The van der Waals surface area contributed by atoms with Crippen molar-refractivity contribution in [1.29, 1.82) is 0 Å². The molecule has 126 valence electrons. The number of aliphatic hydroxyl groups is 1. The number of ether oxygens (including phenoxy) is 2. The smallest absolute Gasteiger partial charge is 0.251 e. The fourth-order valence-electron chi connectivity index (χ4n) is 3.07. The van der Waals surface area contributed by atoms with Gasteiger partial charge < -0.3 is 19.9 Å². The summed E-state index contributed by atoms with van der Waals surface area (Å²) in [7, 11) is 3.18. The third-order valence-corrected chi connectivity index (χ3v) is 4.39. The topological polar surface area (TPSA) is 67.8 Å². The molecule has 24 heavy (non-hydrogen) atoms. The van der Waals surface area contributed by atoms with Gasteiger partial charge in [0, 0.05) is 12.0 Å². The van der Waals surface area contributed by atoms with Gasteiger partial charge in [0.2, 0.25) is 0 Å². The SMILES string of the molecule is COc1cc2c(cc1OC)C[C@@H](NC(=O)c1ccccc1)[C@H](O)C2. The molecule has 0 aromatic heterocycles. The number of carbonyl (C=O) groups excluding carboxylic acids is 1. The number of nitrogens with one attached hydrogen (secondary N) is 1. The van der Waals surface area contributed by atoms with Crippen LogP contribution in [-0.2, 0) is 12.8 Å². The van der Waals surface area contributed by atoms with Gasteiger partial charge in [-0.3, -0.25) is 4.79 Å². The second-order valence-electron chi connectivity index (χ2n) is 5.90. The average Bonchev–Trinajstić information content (AvgIpc) is 2.62. The minimum Gasteiger partial charge on any atom is -0.493 e.